The standard InChI is InChI=1S/C27H46O4/c1-16-7-22(8-17(2)26(16)30-14-24-12-28-24)20-5-6-21(11-20)23-9-18(3)27(19(4)10-23)31-15-25-13-29-25/h16-27H,5-15H2,1-4H3. The van der Waals surface area contributed by atoms with Gasteiger partial charge in [-0.2, -0.15) is 0 Å². The van der Waals surface area contributed by atoms with Crippen molar-refractivity contribution < 1.29 is 18.9 Å². The van der Waals surface area contributed by atoms with Gasteiger partial charge >= 0.3 is 0 Å². The highest BCUT2D eigenvalue weighted by atomic mass is 16.6. The van der Waals surface area contributed by atoms with Gasteiger partial charge < -0.3 is 18.9 Å². The highest BCUT2D eigenvalue weighted by Crippen LogP contribution is 2.50. The van der Waals surface area contributed by atoms with Crippen LogP contribution in [0, 0.1) is 47.3 Å². The summed E-state index contributed by atoms with van der Waals surface area (Å²) in [6.45, 7) is 13.2. The molecule has 0 aromatic heterocycles. The lowest BCUT2D eigenvalue weighted by Crippen LogP contribution is -2.40. The van der Waals surface area contributed by atoms with Gasteiger partial charge in [-0.3, -0.25) is 0 Å². The monoisotopic (exact) mass is 434 g/mol. The molecule has 2 saturated heterocycles. The Bertz CT molecular complexity index is 514. The first-order valence-corrected chi connectivity index (χ1v) is 13.4. The molecule has 3 aliphatic carbocycles. The maximum atomic E-state index is 6.29. The Hall–Kier alpha value is -0.160. The Labute approximate surface area is 190 Å². The van der Waals surface area contributed by atoms with Crippen molar-refractivity contribution in [3.05, 3.63) is 0 Å². The fraction of sp³-hybridized carbons (Fsp3) is 1.00. The van der Waals surface area contributed by atoms with E-state index in [9.17, 15) is 0 Å². The van der Waals surface area contributed by atoms with Gasteiger partial charge in [0.15, 0.2) is 0 Å². The molecular formula is C27H46O4. The molecule has 2 heterocycles. The van der Waals surface area contributed by atoms with Crippen LogP contribution in [0.15, 0.2) is 0 Å². The minimum absolute atomic E-state index is 0.389. The van der Waals surface area contributed by atoms with Gasteiger partial charge in [-0.05, 0) is 92.3 Å². The van der Waals surface area contributed by atoms with Crippen molar-refractivity contribution in [3.63, 3.8) is 0 Å². The van der Waals surface area contributed by atoms with Crippen LogP contribution < -0.4 is 0 Å². The minimum atomic E-state index is 0.389. The van der Waals surface area contributed by atoms with E-state index >= 15 is 0 Å². The lowest BCUT2D eigenvalue weighted by Gasteiger charge is -2.42. The predicted molar refractivity (Wildman–Crippen MR) is 122 cm³/mol. The van der Waals surface area contributed by atoms with E-state index in [0.717, 1.165) is 50.1 Å². The van der Waals surface area contributed by atoms with Crippen LogP contribution in [0.25, 0.3) is 0 Å². The molecule has 31 heavy (non-hydrogen) atoms. The normalized spacial score (nSPS) is 52.3. The smallest absolute Gasteiger partial charge is 0.104 e. The van der Waals surface area contributed by atoms with E-state index in [4.69, 9.17) is 18.9 Å². The van der Waals surface area contributed by atoms with Crippen LogP contribution in [-0.4, -0.2) is 50.8 Å². The zero-order valence-corrected chi connectivity index (χ0v) is 20.3. The molecule has 3 saturated carbocycles. The first-order valence-electron chi connectivity index (χ1n) is 13.4. The van der Waals surface area contributed by atoms with E-state index in [0.29, 0.717) is 48.1 Å². The molecule has 5 rings (SSSR count). The molecule has 0 aromatic rings. The Balaban J connectivity index is 1.10. The summed E-state index contributed by atoms with van der Waals surface area (Å²) in [4.78, 5) is 0. The van der Waals surface area contributed by atoms with E-state index in [1.807, 2.05) is 0 Å². The van der Waals surface area contributed by atoms with Gasteiger partial charge in [-0.1, -0.05) is 27.7 Å². The van der Waals surface area contributed by atoms with Crippen molar-refractivity contribution in [2.45, 2.75) is 97.1 Å². The highest BCUT2D eigenvalue weighted by Gasteiger charge is 2.44. The molecule has 0 N–H and O–H groups in total. The fourth-order valence-electron chi connectivity index (χ4n) is 7.86. The second-order valence-electron chi connectivity index (χ2n) is 12.2. The van der Waals surface area contributed by atoms with Crippen molar-refractivity contribution >= 4 is 0 Å². The average molecular weight is 435 g/mol. The van der Waals surface area contributed by atoms with E-state index in [1.165, 1.54) is 44.9 Å². The molecule has 4 nitrogen and oxygen atoms in total. The number of rotatable bonds is 8. The van der Waals surface area contributed by atoms with Gasteiger partial charge in [-0.25, -0.2) is 0 Å². The molecule has 2 aliphatic heterocycles. The van der Waals surface area contributed by atoms with E-state index < -0.39 is 0 Å². The summed E-state index contributed by atoms with van der Waals surface area (Å²) >= 11 is 0. The summed E-state index contributed by atoms with van der Waals surface area (Å²) < 4.78 is 23.3. The van der Waals surface area contributed by atoms with E-state index in [2.05, 4.69) is 27.7 Å². The summed E-state index contributed by atoms with van der Waals surface area (Å²) in [5, 5.41) is 0. The lowest BCUT2D eigenvalue weighted by molar-refractivity contribution is -0.0655. The number of epoxide rings is 2. The van der Waals surface area contributed by atoms with Crippen molar-refractivity contribution in [3.8, 4) is 0 Å². The van der Waals surface area contributed by atoms with Crippen LogP contribution in [0.5, 0.6) is 0 Å². The Morgan fingerprint density at radius 2 is 0.903 bits per heavy atom. The first-order chi connectivity index (χ1) is 15.0. The number of hydrogen-bond acceptors (Lipinski definition) is 4. The molecule has 0 spiro atoms. The van der Waals surface area contributed by atoms with Crippen molar-refractivity contribution in [1.82, 2.24) is 0 Å². The SMILES string of the molecule is CC1CC(C2CCC(C3CC(C)C(OCC4CO4)C(C)C3)C2)CC(C)C1OCC1CO1. The quantitative estimate of drug-likeness (QED) is 0.484. The Kier molecular flexibility index (Phi) is 7.01. The third-order valence-electron chi connectivity index (χ3n) is 9.54. The Morgan fingerprint density at radius 1 is 0.548 bits per heavy atom. The lowest BCUT2D eigenvalue weighted by atomic mass is 9.67. The molecule has 0 bridgehead atoms. The maximum absolute atomic E-state index is 6.29. The molecule has 5 fully saturated rings. The molecule has 5 aliphatic rings. The topological polar surface area (TPSA) is 43.5 Å². The second-order valence-corrected chi connectivity index (χ2v) is 12.2. The van der Waals surface area contributed by atoms with Gasteiger partial charge in [0, 0.05) is 0 Å². The van der Waals surface area contributed by atoms with E-state index in [1.54, 1.807) is 0 Å². The maximum Gasteiger partial charge on any atom is 0.104 e. The second kappa shape index (κ2) is 9.60. The molecule has 4 heteroatoms. The minimum Gasteiger partial charge on any atom is -0.375 e. The molecule has 8 atom stereocenters. The van der Waals surface area contributed by atoms with Gasteiger partial charge in [-0.15, -0.1) is 0 Å². The van der Waals surface area contributed by atoms with Gasteiger partial charge in [0.1, 0.15) is 12.2 Å². The first kappa shape index (κ1) is 22.6. The summed E-state index contributed by atoms with van der Waals surface area (Å²) in [6.07, 6.45) is 11.6. The zero-order valence-electron chi connectivity index (χ0n) is 20.3. The van der Waals surface area contributed by atoms with Crippen LogP contribution in [-0.2, 0) is 18.9 Å². The fourth-order valence-corrected chi connectivity index (χ4v) is 7.86. The van der Waals surface area contributed by atoms with Crippen molar-refractivity contribution in [1.29, 1.82) is 0 Å². The predicted octanol–water partition coefficient (Wildman–Crippen LogP) is 5.34. The van der Waals surface area contributed by atoms with Crippen molar-refractivity contribution in [2.75, 3.05) is 26.4 Å². The van der Waals surface area contributed by atoms with Crippen molar-refractivity contribution in [2.24, 2.45) is 47.3 Å². The molecule has 8 unspecified atom stereocenters. The van der Waals surface area contributed by atoms with Crippen LogP contribution >= 0.6 is 0 Å². The van der Waals surface area contributed by atoms with Crippen LogP contribution in [0.4, 0.5) is 0 Å². The molecule has 0 amide bonds. The van der Waals surface area contributed by atoms with E-state index in [-0.39, 0.29) is 0 Å². The summed E-state index contributed by atoms with van der Waals surface area (Å²) in [5.41, 5.74) is 0. The number of ether oxygens (including phenoxy) is 4. The average Bonchev–Trinajstić information content (AvgIpc) is 3.66. The van der Waals surface area contributed by atoms with Crippen LogP contribution in [0.2, 0.25) is 0 Å². The largest absolute Gasteiger partial charge is 0.375 e. The highest BCUT2D eigenvalue weighted by molar-refractivity contribution is 4.94. The van der Waals surface area contributed by atoms with Gasteiger partial charge in [0.25, 0.3) is 0 Å². The van der Waals surface area contributed by atoms with Gasteiger partial charge in [0.05, 0.1) is 38.6 Å². The zero-order chi connectivity index (χ0) is 21.5. The third kappa shape index (κ3) is 5.50. The third-order valence-corrected chi connectivity index (χ3v) is 9.54. The summed E-state index contributed by atoms with van der Waals surface area (Å²) in [7, 11) is 0. The summed E-state index contributed by atoms with van der Waals surface area (Å²) in [6, 6.07) is 0. The molecule has 0 aromatic carbocycles. The van der Waals surface area contributed by atoms with Crippen LogP contribution in [0.3, 0.4) is 0 Å². The molecule has 0 radical (unpaired) electrons. The summed E-state index contributed by atoms with van der Waals surface area (Å²) in [5.74, 6) is 6.50. The number of hydrogen-bond donors (Lipinski definition) is 0. The van der Waals surface area contributed by atoms with Gasteiger partial charge in [0.2, 0.25) is 0 Å². The van der Waals surface area contributed by atoms with Crippen LogP contribution in [0.1, 0.15) is 72.6 Å². The molecular weight excluding hydrogens is 388 g/mol. The molecule has 178 valence electrons. The Morgan fingerprint density at radius 3 is 1.23 bits per heavy atom.